The number of nitrogens with zero attached hydrogens (tertiary/aromatic N) is 1. The van der Waals surface area contributed by atoms with Gasteiger partial charge in [0.1, 0.15) is 0 Å². The molecule has 0 heterocycles. The zero-order valence-electron chi connectivity index (χ0n) is 9.68. The Morgan fingerprint density at radius 2 is 1.77 bits per heavy atom. The maximum absolute atomic E-state index is 11.7. The van der Waals surface area contributed by atoms with Gasteiger partial charge in [-0.15, -0.1) is 0 Å². The van der Waals surface area contributed by atoms with E-state index in [2.05, 4.69) is 18.7 Å². The van der Waals surface area contributed by atoms with Gasteiger partial charge >= 0.3 is 0 Å². The first kappa shape index (κ1) is 12.6. The highest BCUT2D eigenvalue weighted by atomic mass is 16.1. The smallest absolute Gasteiger partial charge is 0.152 e. The quantitative estimate of drug-likeness (QED) is 0.655. The number of carbonyl (C=O) groups is 1. The first-order valence-corrected chi connectivity index (χ1v) is 5.17. The van der Waals surface area contributed by atoms with Crippen LogP contribution in [-0.4, -0.2) is 30.3 Å². The molecule has 0 aromatic heterocycles. The van der Waals surface area contributed by atoms with Crippen molar-refractivity contribution < 1.29 is 4.79 Å². The topological polar surface area (TPSA) is 20.3 Å². The van der Waals surface area contributed by atoms with Crippen molar-refractivity contribution in [2.45, 2.75) is 41.0 Å². The maximum Gasteiger partial charge on any atom is 0.152 e. The Labute approximate surface area is 82.3 Å². The monoisotopic (exact) mass is 185 g/mol. The van der Waals surface area contributed by atoms with Crippen LogP contribution in [0, 0.1) is 5.41 Å². The molecule has 0 rings (SSSR count). The van der Waals surface area contributed by atoms with E-state index in [1.165, 1.54) is 0 Å². The van der Waals surface area contributed by atoms with Gasteiger partial charge in [-0.05, 0) is 19.5 Å². The van der Waals surface area contributed by atoms with Gasteiger partial charge in [-0.2, -0.15) is 0 Å². The molecule has 0 amide bonds. The summed E-state index contributed by atoms with van der Waals surface area (Å²) < 4.78 is 0. The zero-order valence-corrected chi connectivity index (χ0v) is 9.68. The Hall–Kier alpha value is -0.370. The van der Waals surface area contributed by atoms with Gasteiger partial charge in [0.05, 0.1) is 6.54 Å². The third-order valence-electron chi connectivity index (χ3n) is 2.19. The molecule has 0 bridgehead atoms. The van der Waals surface area contributed by atoms with Gasteiger partial charge in [0.25, 0.3) is 0 Å². The van der Waals surface area contributed by atoms with Gasteiger partial charge in [-0.25, -0.2) is 0 Å². The largest absolute Gasteiger partial charge is 0.298 e. The Kier molecular flexibility index (Phi) is 5.23. The highest BCUT2D eigenvalue weighted by molar-refractivity contribution is 5.85. The molecule has 0 radical (unpaired) electrons. The van der Waals surface area contributed by atoms with Crippen molar-refractivity contribution >= 4 is 5.78 Å². The van der Waals surface area contributed by atoms with Crippen LogP contribution >= 0.6 is 0 Å². The lowest BCUT2D eigenvalue weighted by Gasteiger charge is -2.24. The van der Waals surface area contributed by atoms with Crippen LogP contribution in [-0.2, 0) is 4.79 Å². The lowest BCUT2D eigenvalue weighted by Crippen LogP contribution is -2.36. The Morgan fingerprint density at radius 3 is 2.08 bits per heavy atom. The molecule has 0 aliphatic heterocycles. The van der Waals surface area contributed by atoms with Gasteiger partial charge in [0.2, 0.25) is 0 Å². The minimum Gasteiger partial charge on any atom is -0.298 e. The summed E-state index contributed by atoms with van der Waals surface area (Å²) >= 11 is 0. The lowest BCUT2D eigenvalue weighted by atomic mass is 9.90. The van der Waals surface area contributed by atoms with E-state index in [1.807, 2.05) is 20.8 Å². The van der Waals surface area contributed by atoms with Crippen molar-refractivity contribution in [3.8, 4) is 0 Å². The summed E-state index contributed by atoms with van der Waals surface area (Å²) in [6, 6.07) is 0. The molecule has 13 heavy (non-hydrogen) atoms. The molecule has 0 fully saturated rings. The number of hydrogen-bond donors (Lipinski definition) is 0. The summed E-state index contributed by atoms with van der Waals surface area (Å²) in [5, 5.41) is 0. The molecule has 0 spiro atoms. The fourth-order valence-electron chi connectivity index (χ4n) is 1.11. The van der Waals surface area contributed by atoms with E-state index in [1.54, 1.807) is 0 Å². The van der Waals surface area contributed by atoms with E-state index >= 15 is 0 Å². The maximum atomic E-state index is 11.7. The average Bonchev–Trinajstić information content (AvgIpc) is 2.01. The molecule has 0 aromatic rings. The highest BCUT2D eigenvalue weighted by Crippen LogP contribution is 2.15. The first-order chi connectivity index (χ1) is 5.91. The summed E-state index contributed by atoms with van der Waals surface area (Å²) in [4.78, 5) is 13.9. The third-order valence-corrected chi connectivity index (χ3v) is 2.19. The summed E-state index contributed by atoms with van der Waals surface area (Å²) in [7, 11) is 0. The second-order valence-electron chi connectivity index (χ2n) is 4.54. The number of rotatable bonds is 5. The molecule has 0 atom stereocenters. The lowest BCUT2D eigenvalue weighted by molar-refractivity contribution is -0.127. The molecule has 0 aliphatic rings. The van der Waals surface area contributed by atoms with Crippen LogP contribution < -0.4 is 0 Å². The Balaban J connectivity index is 4.01. The molecule has 0 N–H and O–H groups in total. The standard InChI is InChI=1S/C11H23NO/c1-6-8-12(7-2)9-10(13)11(3,4)5/h6-9H2,1-5H3. The number of likely N-dealkylation sites (N-methyl/N-ethyl adjacent to an activating group) is 1. The van der Waals surface area contributed by atoms with Crippen molar-refractivity contribution in [3.05, 3.63) is 0 Å². The molecule has 0 aliphatic carbocycles. The van der Waals surface area contributed by atoms with Crippen LogP contribution in [0.3, 0.4) is 0 Å². The predicted octanol–water partition coefficient (Wildman–Crippen LogP) is 2.33. The van der Waals surface area contributed by atoms with Crippen molar-refractivity contribution in [2.75, 3.05) is 19.6 Å². The SMILES string of the molecule is CCCN(CC)CC(=O)C(C)(C)C. The Morgan fingerprint density at radius 1 is 1.23 bits per heavy atom. The van der Waals surface area contributed by atoms with Crippen molar-refractivity contribution in [1.82, 2.24) is 4.90 Å². The van der Waals surface area contributed by atoms with Crippen LogP contribution in [0.1, 0.15) is 41.0 Å². The molecule has 2 nitrogen and oxygen atoms in total. The molecule has 0 saturated heterocycles. The van der Waals surface area contributed by atoms with Gasteiger partial charge in [-0.1, -0.05) is 34.6 Å². The van der Waals surface area contributed by atoms with Crippen LogP contribution in [0.4, 0.5) is 0 Å². The average molecular weight is 185 g/mol. The third kappa shape index (κ3) is 5.04. The summed E-state index contributed by atoms with van der Waals surface area (Å²) in [5.74, 6) is 0.336. The molecular weight excluding hydrogens is 162 g/mol. The fraction of sp³-hybridized carbons (Fsp3) is 0.909. The highest BCUT2D eigenvalue weighted by Gasteiger charge is 2.22. The van der Waals surface area contributed by atoms with Crippen molar-refractivity contribution in [1.29, 1.82) is 0 Å². The zero-order chi connectivity index (χ0) is 10.5. The van der Waals surface area contributed by atoms with E-state index < -0.39 is 0 Å². The van der Waals surface area contributed by atoms with Crippen LogP contribution in [0.15, 0.2) is 0 Å². The van der Waals surface area contributed by atoms with E-state index in [0.29, 0.717) is 12.3 Å². The van der Waals surface area contributed by atoms with Gasteiger partial charge in [0.15, 0.2) is 5.78 Å². The molecule has 78 valence electrons. The van der Waals surface area contributed by atoms with Gasteiger partial charge < -0.3 is 0 Å². The predicted molar refractivity (Wildman–Crippen MR) is 56.9 cm³/mol. The Bertz CT molecular complexity index is 158. The molecule has 0 saturated carbocycles. The second-order valence-corrected chi connectivity index (χ2v) is 4.54. The molecule has 2 heteroatoms. The fourth-order valence-corrected chi connectivity index (χ4v) is 1.11. The van der Waals surface area contributed by atoms with Crippen molar-refractivity contribution in [3.63, 3.8) is 0 Å². The number of hydrogen-bond acceptors (Lipinski definition) is 2. The number of carbonyl (C=O) groups excluding carboxylic acids is 1. The summed E-state index contributed by atoms with van der Waals surface area (Å²) in [6.45, 7) is 12.8. The van der Waals surface area contributed by atoms with Crippen LogP contribution in [0.2, 0.25) is 0 Å². The van der Waals surface area contributed by atoms with Gasteiger partial charge in [0, 0.05) is 5.41 Å². The summed E-state index contributed by atoms with van der Waals surface area (Å²) in [6.07, 6.45) is 1.12. The van der Waals surface area contributed by atoms with E-state index in [-0.39, 0.29) is 5.41 Å². The molecule has 0 aromatic carbocycles. The molecule has 0 unspecified atom stereocenters. The molecular formula is C11H23NO. The number of Topliss-reactive ketones (excluding diaryl/α,β-unsaturated/α-hetero) is 1. The summed E-state index contributed by atoms with van der Waals surface area (Å²) in [5.41, 5.74) is -0.193. The second kappa shape index (κ2) is 5.38. The van der Waals surface area contributed by atoms with E-state index in [4.69, 9.17) is 0 Å². The van der Waals surface area contributed by atoms with Crippen LogP contribution in [0.25, 0.3) is 0 Å². The minimum absolute atomic E-state index is 0.193. The minimum atomic E-state index is -0.193. The first-order valence-electron chi connectivity index (χ1n) is 5.17. The van der Waals surface area contributed by atoms with Crippen molar-refractivity contribution in [2.24, 2.45) is 5.41 Å². The van der Waals surface area contributed by atoms with E-state index in [0.717, 1.165) is 19.5 Å². The normalized spacial score (nSPS) is 12.2. The van der Waals surface area contributed by atoms with E-state index in [9.17, 15) is 4.79 Å². The number of ketones is 1. The van der Waals surface area contributed by atoms with Crippen LogP contribution in [0.5, 0.6) is 0 Å². The van der Waals surface area contributed by atoms with Gasteiger partial charge in [-0.3, -0.25) is 9.69 Å².